The van der Waals surface area contributed by atoms with Crippen molar-refractivity contribution in [2.75, 3.05) is 0 Å². The minimum absolute atomic E-state index is 0.0587. The van der Waals surface area contributed by atoms with Gasteiger partial charge in [-0.3, -0.25) is 0 Å². The van der Waals surface area contributed by atoms with Crippen molar-refractivity contribution in [3.05, 3.63) is 32.4 Å². The van der Waals surface area contributed by atoms with Gasteiger partial charge in [0.05, 0.1) is 11.1 Å². The highest BCUT2D eigenvalue weighted by molar-refractivity contribution is 14.1. The molecule has 1 nitrogen and oxygen atoms in total. The summed E-state index contributed by atoms with van der Waals surface area (Å²) >= 11 is 1.52. The Morgan fingerprint density at radius 3 is 1.88 bits per heavy atom. The molecule has 0 bridgehead atoms. The Bertz CT molecular complexity index is 423. The fourth-order valence-electron chi connectivity index (χ4n) is 1.38. The molecule has 0 aliphatic heterocycles. The number of halogens is 7. The van der Waals surface area contributed by atoms with Crippen LogP contribution in [-0.2, 0) is 18.9 Å². The Hall–Kier alpha value is -0.510. The second-order valence-electron chi connectivity index (χ2n) is 3.19. The Balaban J connectivity index is 3.63. The maximum atomic E-state index is 12.6. The van der Waals surface area contributed by atoms with Crippen molar-refractivity contribution >= 4 is 22.6 Å². The molecule has 0 radical (unpaired) electrons. The third-order valence-corrected chi connectivity index (χ3v) is 2.62. The average Bonchev–Trinajstić information content (AvgIpc) is 2.12. The van der Waals surface area contributed by atoms with Gasteiger partial charge in [-0.15, -0.1) is 0 Å². The lowest BCUT2D eigenvalue weighted by Crippen LogP contribution is -2.20. The van der Waals surface area contributed by atoms with Gasteiger partial charge in [-0.05, 0) is 40.3 Å². The van der Waals surface area contributed by atoms with Crippen molar-refractivity contribution < 1.29 is 26.3 Å². The molecule has 1 rings (SSSR count). The van der Waals surface area contributed by atoms with Crippen LogP contribution < -0.4 is 5.73 Å². The highest BCUT2D eigenvalue weighted by atomic mass is 127. The second-order valence-corrected chi connectivity index (χ2v) is 4.43. The van der Waals surface area contributed by atoms with Crippen LogP contribution in [-0.4, -0.2) is 0 Å². The summed E-state index contributed by atoms with van der Waals surface area (Å²) < 4.78 is 75.5. The van der Waals surface area contributed by atoms with Gasteiger partial charge in [-0.25, -0.2) is 0 Å². The van der Waals surface area contributed by atoms with Crippen LogP contribution in [0.4, 0.5) is 26.3 Å². The van der Waals surface area contributed by atoms with E-state index in [-0.39, 0.29) is 3.57 Å². The molecule has 1 aromatic carbocycles. The molecule has 0 atom stereocenters. The molecule has 17 heavy (non-hydrogen) atoms. The van der Waals surface area contributed by atoms with Crippen LogP contribution in [0.1, 0.15) is 16.7 Å². The predicted octanol–water partition coefficient (Wildman–Crippen LogP) is 3.79. The number of nitrogens with two attached hydrogens (primary N) is 1. The Kier molecular flexibility index (Phi) is 3.97. The van der Waals surface area contributed by atoms with E-state index in [1.165, 1.54) is 22.6 Å². The smallest absolute Gasteiger partial charge is 0.326 e. The lowest BCUT2D eigenvalue weighted by atomic mass is 10.00. The van der Waals surface area contributed by atoms with Crippen molar-refractivity contribution in [1.82, 2.24) is 0 Å². The first-order chi connectivity index (χ1) is 7.57. The van der Waals surface area contributed by atoms with E-state index in [1.807, 2.05) is 0 Å². The monoisotopic (exact) mass is 369 g/mol. The van der Waals surface area contributed by atoms with Crippen LogP contribution in [0.3, 0.4) is 0 Å². The van der Waals surface area contributed by atoms with Crippen molar-refractivity contribution in [3.8, 4) is 0 Å². The van der Waals surface area contributed by atoms with Gasteiger partial charge in [0, 0.05) is 10.1 Å². The van der Waals surface area contributed by atoms with Gasteiger partial charge in [-0.1, -0.05) is 0 Å². The molecule has 1 aromatic rings. The molecule has 0 fully saturated rings. The van der Waals surface area contributed by atoms with Gasteiger partial charge < -0.3 is 5.73 Å². The summed E-state index contributed by atoms with van der Waals surface area (Å²) in [5, 5.41) is 0. The van der Waals surface area contributed by atoms with Crippen molar-refractivity contribution in [2.24, 2.45) is 5.73 Å². The fraction of sp³-hybridized carbons (Fsp3) is 0.333. The quantitative estimate of drug-likeness (QED) is 0.592. The highest BCUT2D eigenvalue weighted by Gasteiger charge is 2.44. The molecule has 0 unspecified atom stereocenters. The van der Waals surface area contributed by atoms with Gasteiger partial charge in [0.15, 0.2) is 0 Å². The molecule has 96 valence electrons. The summed E-state index contributed by atoms with van der Waals surface area (Å²) in [6.07, 6.45) is -10.1. The zero-order valence-electron chi connectivity index (χ0n) is 8.08. The van der Waals surface area contributed by atoms with Gasteiger partial charge in [-0.2, -0.15) is 26.3 Å². The zero-order valence-corrected chi connectivity index (χ0v) is 10.2. The minimum Gasteiger partial charge on any atom is -0.326 e. The van der Waals surface area contributed by atoms with Crippen molar-refractivity contribution in [1.29, 1.82) is 0 Å². The molecule has 0 heterocycles. The first-order valence-electron chi connectivity index (χ1n) is 4.24. The van der Waals surface area contributed by atoms with Crippen LogP contribution in [0.2, 0.25) is 0 Å². The molecule has 8 heteroatoms. The fourth-order valence-corrected chi connectivity index (χ4v) is 2.07. The van der Waals surface area contributed by atoms with Crippen LogP contribution in [0.15, 0.2) is 12.1 Å². The molecular formula is C9H6F6IN. The predicted molar refractivity (Wildman–Crippen MR) is 57.1 cm³/mol. The molecule has 0 saturated carbocycles. The summed E-state index contributed by atoms with van der Waals surface area (Å²) in [7, 11) is 0. The summed E-state index contributed by atoms with van der Waals surface area (Å²) in [5.41, 5.74) is 1.10. The zero-order chi connectivity index (χ0) is 13.4. The first-order valence-corrected chi connectivity index (χ1v) is 5.32. The Labute approximate surface area is 106 Å². The third kappa shape index (κ3) is 3.24. The second kappa shape index (κ2) is 4.63. The van der Waals surface area contributed by atoms with E-state index in [0.29, 0.717) is 6.07 Å². The van der Waals surface area contributed by atoms with Gasteiger partial charge in [0.1, 0.15) is 0 Å². The largest absolute Gasteiger partial charge is 0.417 e. The van der Waals surface area contributed by atoms with E-state index in [9.17, 15) is 26.3 Å². The Morgan fingerprint density at radius 2 is 1.53 bits per heavy atom. The van der Waals surface area contributed by atoms with Crippen molar-refractivity contribution in [3.63, 3.8) is 0 Å². The minimum atomic E-state index is -5.08. The molecule has 0 aliphatic carbocycles. The van der Waals surface area contributed by atoms with E-state index in [2.05, 4.69) is 0 Å². The van der Waals surface area contributed by atoms with E-state index >= 15 is 0 Å². The lowest BCUT2D eigenvalue weighted by molar-refractivity contribution is -0.162. The van der Waals surface area contributed by atoms with Gasteiger partial charge in [0.25, 0.3) is 0 Å². The molecular weight excluding hydrogens is 363 g/mol. The number of alkyl halides is 6. The van der Waals surface area contributed by atoms with Crippen LogP contribution in [0, 0.1) is 3.57 Å². The number of benzene rings is 1. The van der Waals surface area contributed by atoms with E-state index in [1.54, 1.807) is 0 Å². The molecule has 0 amide bonds. The number of hydrogen-bond donors (Lipinski definition) is 1. The lowest BCUT2D eigenvalue weighted by Gasteiger charge is -2.19. The topological polar surface area (TPSA) is 26.0 Å². The molecule has 2 N–H and O–H groups in total. The van der Waals surface area contributed by atoms with E-state index in [4.69, 9.17) is 5.73 Å². The molecule has 0 aromatic heterocycles. The SMILES string of the molecule is NCc1cc(I)cc(C(F)(F)F)c1C(F)(F)F. The maximum Gasteiger partial charge on any atom is 0.417 e. The highest BCUT2D eigenvalue weighted by Crippen LogP contribution is 2.42. The average molecular weight is 369 g/mol. The Morgan fingerprint density at radius 1 is 1.00 bits per heavy atom. The van der Waals surface area contributed by atoms with Crippen molar-refractivity contribution in [2.45, 2.75) is 18.9 Å². The normalized spacial score (nSPS) is 12.9. The third-order valence-electron chi connectivity index (χ3n) is 1.99. The molecule has 0 spiro atoms. The first kappa shape index (κ1) is 14.6. The molecule has 0 aliphatic rings. The standard InChI is InChI=1S/C9H6F6IN/c10-8(11,12)6-2-5(16)1-4(3-17)7(6)9(13,14)15/h1-2H,3,17H2. The summed E-state index contributed by atoms with van der Waals surface area (Å²) in [6, 6.07) is 1.46. The van der Waals surface area contributed by atoms with Crippen LogP contribution in [0.25, 0.3) is 0 Å². The molecule has 0 saturated heterocycles. The van der Waals surface area contributed by atoms with Gasteiger partial charge >= 0.3 is 12.4 Å². The van der Waals surface area contributed by atoms with Crippen LogP contribution in [0.5, 0.6) is 0 Å². The van der Waals surface area contributed by atoms with Crippen LogP contribution >= 0.6 is 22.6 Å². The summed E-state index contributed by atoms with van der Waals surface area (Å²) in [5.74, 6) is 0. The number of rotatable bonds is 1. The maximum absolute atomic E-state index is 12.6. The van der Waals surface area contributed by atoms with E-state index < -0.39 is 35.6 Å². The van der Waals surface area contributed by atoms with Gasteiger partial charge in [0.2, 0.25) is 0 Å². The van der Waals surface area contributed by atoms with E-state index in [0.717, 1.165) is 6.07 Å². The number of hydrogen-bond acceptors (Lipinski definition) is 1. The summed E-state index contributed by atoms with van der Waals surface area (Å²) in [4.78, 5) is 0. The summed E-state index contributed by atoms with van der Waals surface area (Å²) in [6.45, 7) is -0.602.